The van der Waals surface area contributed by atoms with Gasteiger partial charge in [0.2, 0.25) is 6.79 Å². The molecule has 0 saturated heterocycles. The Morgan fingerprint density at radius 2 is 1.90 bits per heavy atom. The molecule has 0 saturated carbocycles. The van der Waals surface area contributed by atoms with Gasteiger partial charge in [0.1, 0.15) is 11.4 Å². The van der Waals surface area contributed by atoms with E-state index >= 15 is 0 Å². The number of aromatic amines is 1. The second-order valence-corrected chi connectivity index (χ2v) is 4.68. The molecule has 3 heterocycles. The van der Waals surface area contributed by atoms with Crippen molar-refractivity contribution in [3.05, 3.63) is 36.2 Å². The Bertz CT molecular complexity index is 800. The molecule has 1 aromatic carbocycles. The first-order valence-electron chi connectivity index (χ1n) is 6.41. The van der Waals surface area contributed by atoms with E-state index in [9.17, 15) is 0 Å². The predicted octanol–water partition coefficient (Wildman–Crippen LogP) is 1.97. The Kier molecular flexibility index (Phi) is 2.56. The van der Waals surface area contributed by atoms with Crippen molar-refractivity contribution in [2.45, 2.75) is 6.92 Å². The second-order valence-electron chi connectivity index (χ2n) is 4.68. The number of nitrogens with zero attached hydrogens (tertiary/aromatic N) is 4. The van der Waals surface area contributed by atoms with Crippen molar-refractivity contribution < 1.29 is 9.47 Å². The van der Waals surface area contributed by atoms with Gasteiger partial charge in [0.25, 0.3) is 0 Å². The van der Waals surface area contributed by atoms with Gasteiger partial charge in [0.15, 0.2) is 11.5 Å². The minimum Gasteiger partial charge on any atom is -0.454 e. The van der Waals surface area contributed by atoms with Gasteiger partial charge in [0.05, 0.1) is 12.4 Å². The third kappa shape index (κ3) is 1.90. The van der Waals surface area contributed by atoms with E-state index in [2.05, 4.69) is 25.6 Å². The van der Waals surface area contributed by atoms with E-state index in [1.165, 1.54) is 0 Å². The average Bonchev–Trinajstić information content (AvgIpc) is 3.17. The van der Waals surface area contributed by atoms with Crippen LogP contribution in [0.3, 0.4) is 0 Å². The highest BCUT2D eigenvalue weighted by Crippen LogP contribution is 2.40. The van der Waals surface area contributed by atoms with Crippen LogP contribution in [-0.4, -0.2) is 32.4 Å². The van der Waals surface area contributed by atoms with Crippen LogP contribution in [-0.2, 0) is 0 Å². The molecule has 0 bridgehead atoms. The number of aryl methyl sites for hydroxylation is 1. The number of aromatic nitrogens is 5. The standard InChI is InChI=1S/C14H11N5O2/c1-8-4-10(5-11-14(8)21-7-20-11)13-12(17-19-18-13)9-2-3-15-16-6-9/h2-6H,7H2,1H3,(H,17,18,19). The molecular weight excluding hydrogens is 270 g/mol. The Hall–Kier alpha value is -2.96. The maximum Gasteiger partial charge on any atom is 0.231 e. The maximum absolute atomic E-state index is 5.46. The van der Waals surface area contributed by atoms with E-state index < -0.39 is 0 Å². The highest BCUT2D eigenvalue weighted by molar-refractivity contribution is 5.79. The molecule has 0 fully saturated rings. The highest BCUT2D eigenvalue weighted by atomic mass is 16.7. The fourth-order valence-corrected chi connectivity index (χ4v) is 2.39. The summed E-state index contributed by atoms with van der Waals surface area (Å²) in [6.07, 6.45) is 3.28. The molecule has 0 aliphatic carbocycles. The van der Waals surface area contributed by atoms with E-state index in [1.807, 2.05) is 25.1 Å². The lowest BCUT2D eigenvalue weighted by Crippen LogP contribution is -1.93. The van der Waals surface area contributed by atoms with E-state index in [4.69, 9.17) is 9.47 Å². The molecule has 7 heteroatoms. The van der Waals surface area contributed by atoms with Crippen molar-refractivity contribution in [2.75, 3.05) is 6.79 Å². The van der Waals surface area contributed by atoms with Crippen LogP contribution in [0.4, 0.5) is 0 Å². The summed E-state index contributed by atoms with van der Waals surface area (Å²) in [5.74, 6) is 1.51. The second kappa shape index (κ2) is 4.55. The molecular formula is C14H11N5O2. The molecule has 104 valence electrons. The van der Waals surface area contributed by atoms with Crippen molar-refractivity contribution >= 4 is 0 Å². The molecule has 2 aromatic heterocycles. The molecule has 0 amide bonds. The lowest BCUT2D eigenvalue weighted by atomic mass is 10.0. The molecule has 4 rings (SSSR count). The van der Waals surface area contributed by atoms with Crippen LogP contribution in [0.15, 0.2) is 30.6 Å². The molecule has 0 radical (unpaired) electrons. The zero-order valence-electron chi connectivity index (χ0n) is 11.2. The van der Waals surface area contributed by atoms with Gasteiger partial charge in [-0.25, -0.2) is 0 Å². The van der Waals surface area contributed by atoms with Gasteiger partial charge < -0.3 is 9.47 Å². The van der Waals surface area contributed by atoms with Crippen molar-refractivity contribution in [2.24, 2.45) is 0 Å². The van der Waals surface area contributed by atoms with Gasteiger partial charge in [-0.1, -0.05) is 0 Å². The maximum atomic E-state index is 5.46. The van der Waals surface area contributed by atoms with Crippen molar-refractivity contribution in [3.8, 4) is 34.0 Å². The number of ether oxygens (including phenoxy) is 2. The average molecular weight is 281 g/mol. The molecule has 1 aliphatic rings. The van der Waals surface area contributed by atoms with Crippen LogP contribution in [0, 0.1) is 6.92 Å². The van der Waals surface area contributed by atoms with Crippen LogP contribution in [0.25, 0.3) is 22.5 Å². The molecule has 3 aromatic rings. The van der Waals surface area contributed by atoms with Crippen molar-refractivity contribution in [1.29, 1.82) is 0 Å². The molecule has 0 spiro atoms. The third-order valence-electron chi connectivity index (χ3n) is 3.34. The number of fused-ring (bicyclic) bond motifs is 1. The van der Waals surface area contributed by atoms with Crippen molar-refractivity contribution in [1.82, 2.24) is 25.6 Å². The van der Waals surface area contributed by atoms with Crippen molar-refractivity contribution in [3.63, 3.8) is 0 Å². The minimum atomic E-state index is 0.250. The van der Waals surface area contributed by atoms with E-state index in [-0.39, 0.29) is 6.79 Å². The largest absolute Gasteiger partial charge is 0.454 e. The van der Waals surface area contributed by atoms with Crippen LogP contribution in [0.1, 0.15) is 5.56 Å². The van der Waals surface area contributed by atoms with Crippen LogP contribution in [0.2, 0.25) is 0 Å². The first kappa shape index (κ1) is 11.8. The fraction of sp³-hybridized carbons (Fsp3) is 0.143. The number of hydrogen-bond donors (Lipinski definition) is 1. The summed E-state index contributed by atoms with van der Waals surface area (Å²) in [7, 11) is 0. The van der Waals surface area contributed by atoms with Gasteiger partial charge in [-0.05, 0) is 30.7 Å². The molecule has 21 heavy (non-hydrogen) atoms. The predicted molar refractivity (Wildman–Crippen MR) is 73.7 cm³/mol. The van der Waals surface area contributed by atoms with Crippen LogP contribution >= 0.6 is 0 Å². The number of nitrogens with one attached hydrogen (secondary N) is 1. The van der Waals surface area contributed by atoms with Crippen LogP contribution < -0.4 is 9.47 Å². The first-order chi connectivity index (χ1) is 10.3. The lowest BCUT2D eigenvalue weighted by Gasteiger charge is -2.05. The summed E-state index contributed by atoms with van der Waals surface area (Å²) in [5.41, 5.74) is 4.23. The quantitative estimate of drug-likeness (QED) is 0.772. The normalized spacial score (nSPS) is 12.6. The summed E-state index contributed by atoms with van der Waals surface area (Å²) >= 11 is 0. The number of benzene rings is 1. The Morgan fingerprint density at radius 3 is 2.71 bits per heavy atom. The number of hydrogen-bond acceptors (Lipinski definition) is 6. The SMILES string of the molecule is Cc1cc(-c2n[nH]nc2-c2ccnnc2)cc2c1OCO2. The zero-order valence-corrected chi connectivity index (χ0v) is 11.2. The summed E-state index contributed by atoms with van der Waals surface area (Å²) in [5, 5.41) is 18.8. The molecule has 0 atom stereocenters. The Morgan fingerprint density at radius 1 is 1.05 bits per heavy atom. The van der Waals surface area contributed by atoms with E-state index in [0.29, 0.717) is 0 Å². The molecule has 0 unspecified atom stereocenters. The van der Waals surface area contributed by atoms with Gasteiger partial charge in [-0.3, -0.25) is 0 Å². The first-order valence-corrected chi connectivity index (χ1v) is 6.41. The van der Waals surface area contributed by atoms with E-state index in [0.717, 1.165) is 39.6 Å². The van der Waals surface area contributed by atoms with Crippen LogP contribution in [0.5, 0.6) is 11.5 Å². The number of rotatable bonds is 2. The van der Waals surface area contributed by atoms with Gasteiger partial charge in [-0.2, -0.15) is 25.6 Å². The summed E-state index contributed by atoms with van der Waals surface area (Å²) in [6, 6.07) is 5.75. The molecule has 1 aliphatic heterocycles. The lowest BCUT2D eigenvalue weighted by molar-refractivity contribution is 0.173. The van der Waals surface area contributed by atoms with Gasteiger partial charge in [0, 0.05) is 11.1 Å². The summed E-state index contributed by atoms with van der Waals surface area (Å²) in [6.45, 7) is 2.23. The fourth-order valence-electron chi connectivity index (χ4n) is 2.39. The molecule has 1 N–H and O–H groups in total. The summed E-state index contributed by atoms with van der Waals surface area (Å²) in [4.78, 5) is 0. The smallest absolute Gasteiger partial charge is 0.231 e. The number of H-pyrrole nitrogens is 1. The van der Waals surface area contributed by atoms with E-state index in [1.54, 1.807) is 12.4 Å². The Labute approximate surface area is 119 Å². The zero-order chi connectivity index (χ0) is 14.2. The Balaban J connectivity index is 1.86. The summed E-state index contributed by atoms with van der Waals surface area (Å²) < 4.78 is 10.9. The van der Waals surface area contributed by atoms with Gasteiger partial charge >= 0.3 is 0 Å². The monoisotopic (exact) mass is 281 g/mol. The topological polar surface area (TPSA) is 85.8 Å². The highest BCUT2D eigenvalue weighted by Gasteiger charge is 2.20. The third-order valence-corrected chi connectivity index (χ3v) is 3.34. The minimum absolute atomic E-state index is 0.250. The molecule has 7 nitrogen and oxygen atoms in total. The van der Waals surface area contributed by atoms with Gasteiger partial charge in [-0.15, -0.1) is 0 Å².